The molecule has 1 aliphatic heterocycles. The van der Waals surface area contributed by atoms with Crippen LogP contribution in [0.3, 0.4) is 0 Å². The van der Waals surface area contributed by atoms with Gasteiger partial charge in [0.2, 0.25) is 5.75 Å². The van der Waals surface area contributed by atoms with E-state index in [0.717, 1.165) is 18.4 Å². The maximum atomic E-state index is 13.5. The van der Waals surface area contributed by atoms with Crippen LogP contribution >= 0.6 is 0 Å². The summed E-state index contributed by atoms with van der Waals surface area (Å²) in [6.45, 7) is 2.87. The van der Waals surface area contributed by atoms with Gasteiger partial charge < -0.3 is 29.0 Å². The molecule has 0 saturated carbocycles. The summed E-state index contributed by atoms with van der Waals surface area (Å²) in [5.41, 5.74) is 1.93. The van der Waals surface area contributed by atoms with Crippen molar-refractivity contribution in [2.45, 2.75) is 32.2 Å². The first-order valence-corrected chi connectivity index (χ1v) is 13.3. The van der Waals surface area contributed by atoms with E-state index in [1.165, 1.54) is 26.2 Å². The lowest BCUT2D eigenvalue weighted by Gasteiger charge is -2.26. The fourth-order valence-electron chi connectivity index (χ4n) is 4.83. The van der Waals surface area contributed by atoms with Crippen molar-refractivity contribution in [3.8, 4) is 23.0 Å². The van der Waals surface area contributed by atoms with Gasteiger partial charge in [0, 0.05) is 12.1 Å². The van der Waals surface area contributed by atoms with Crippen LogP contribution < -0.4 is 18.9 Å². The molecule has 1 unspecified atom stereocenters. The third-order valence-electron chi connectivity index (χ3n) is 6.90. The Hall–Kier alpha value is -4.46. The molecule has 8 heteroatoms. The topological polar surface area (TPSA) is 94.5 Å². The molecule has 1 aliphatic rings. The molecule has 1 heterocycles. The summed E-state index contributed by atoms with van der Waals surface area (Å²) in [6.07, 6.45) is 2.40. The van der Waals surface area contributed by atoms with Crippen molar-refractivity contribution in [1.82, 2.24) is 4.90 Å². The van der Waals surface area contributed by atoms with E-state index in [-0.39, 0.29) is 17.9 Å². The number of methoxy groups -OCH3 is 3. The van der Waals surface area contributed by atoms with Crippen LogP contribution in [-0.2, 0) is 16.0 Å². The lowest BCUT2D eigenvalue weighted by atomic mass is 9.94. The van der Waals surface area contributed by atoms with E-state index >= 15 is 0 Å². The summed E-state index contributed by atoms with van der Waals surface area (Å²) in [4.78, 5) is 28.5. The molecule has 0 bridgehead atoms. The van der Waals surface area contributed by atoms with Gasteiger partial charge in [-0.05, 0) is 48.2 Å². The number of nitrogens with zero attached hydrogens (tertiary/aromatic N) is 1. The molecule has 8 nitrogen and oxygen atoms in total. The number of hydrogen-bond acceptors (Lipinski definition) is 7. The van der Waals surface area contributed by atoms with Crippen molar-refractivity contribution in [3.05, 3.63) is 89.0 Å². The third kappa shape index (κ3) is 5.91. The molecule has 1 N–H and O–H groups in total. The average Bonchev–Trinajstić information content (AvgIpc) is 3.24. The number of aliphatic hydroxyl groups excluding tert-OH is 1. The van der Waals surface area contributed by atoms with Crippen LogP contribution in [0.15, 0.2) is 72.3 Å². The number of ketones is 1. The smallest absolute Gasteiger partial charge is 0.295 e. The molecule has 40 heavy (non-hydrogen) atoms. The van der Waals surface area contributed by atoms with Crippen molar-refractivity contribution in [2.24, 2.45) is 0 Å². The zero-order valence-corrected chi connectivity index (χ0v) is 23.3. The molecule has 0 aliphatic carbocycles. The molecular weight excluding hydrogens is 510 g/mol. The first-order chi connectivity index (χ1) is 19.4. The lowest BCUT2D eigenvalue weighted by Crippen LogP contribution is -2.31. The Kier molecular flexibility index (Phi) is 9.32. The standard InChI is InChI=1S/C32H35NO7/c1-5-6-17-40-24-14-10-13-22(18-24)29(34)27-28(23-19-25(37-2)31(39-4)26(20-23)38-3)33(32(36)30(27)35)16-15-21-11-8-7-9-12-21/h7-14,18-20,28,34H,5-6,15-17H2,1-4H3/b29-27+. The predicted octanol–water partition coefficient (Wildman–Crippen LogP) is 5.56. The molecule has 0 spiro atoms. The number of carbonyl (C=O) groups is 2. The van der Waals surface area contributed by atoms with Crippen LogP contribution in [0, 0.1) is 0 Å². The number of rotatable bonds is 12. The monoisotopic (exact) mass is 545 g/mol. The van der Waals surface area contributed by atoms with E-state index in [1.54, 1.807) is 36.4 Å². The quantitative estimate of drug-likeness (QED) is 0.138. The van der Waals surface area contributed by atoms with E-state index < -0.39 is 17.7 Å². The average molecular weight is 546 g/mol. The Labute approximate surface area is 234 Å². The van der Waals surface area contributed by atoms with Crippen LogP contribution in [-0.4, -0.2) is 56.2 Å². The van der Waals surface area contributed by atoms with Crippen molar-refractivity contribution >= 4 is 17.4 Å². The Morgan fingerprint density at radius 1 is 0.900 bits per heavy atom. The van der Waals surface area contributed by atoms with Gasteiger partial charge >= 0.3 is 0 Å². The molecule has 0 aromatic heterocycles. The van der Waals surface area contributed by atoms with Crippen LogP contribution in [0.2, 0.25) is 0 Å². The molecule has 1 fully saturated rings. The van der Waals surface area contributed by atoms with Gasteiger partial charge in [0.25, 0.3) is 11.7 Å². The van der Waals surface area contributed by atoms with Crippen molar-refractivity contribution < 1.29 is 33.6 Å². The Morgan fingerprint density at radius 2 is 1.60 bits per heavy atom. The van der Waals surface area contributed by atoms with E-state index in [0.29, 0.717) is 47.2 Å². The highest BCUT2D eigenvalue weighted by Crippen LogP contribution is 2.45. The summed E-state index contributed by atoms with van der Waals surface area (Å²) in [6, 6.07) is 19.1. The summed E-state index contributed by atoms with van der Waals surface area (Å²) in [7, 11) is 4.50. The van der Waals surface area contributed by atoms with Crippen molar-refractivity contribution in [1.29, 1.82) is 0 Å². The van der Waals surface area contributed by atoms with Gasteiger partial charge in [-0.1, -0.05) is 55.8 Å². The number of Topliss-reactive ketones (excluding diaryl/α,β-unsaturated/α-hetero) is 1. The van der Waals surface area contributed by atoms with Crippen LogP contribution in [0.1, 0.15) is 42.5 Å². The molecular formula is C32H35NO7. The number of benzene rings is 3. The first-order valence-electron chi connectivity index (χ1n) is 13.3. The number of carbonyl (C=O) groups excluding carboxylic acids is 2. The zero-order chi connectivity index (χ0) is 28.6. The van der Waals surface area contributed by atoms with E-state index in [2.05, 4.69) is 6.92 Å². The fraction of sp³-hybridized carbons (Fsp3) is 0.312. The second kappa shape index (κ2) is 13.1. The van der Waals surface area contributed by atoms with Crippen LogP contribution in [0.5, 0.6) is 23.0 Å². The van der Waals surface area contributed by atoms with E-state index in [4.69, 9.17) is 18.9 Å². The van der Waals surface area contributed by atoms with E-state index in [1.807, 2.05) is 30.3 Å². The molecule has 210 valence electrons. The predicted molar refractivity (Wildman–Crippen MR) is 152 cm³/mol. The zero-order valence-electron chi connectivity index (χ0n) is 23.3. The van der Waals surface area contributed by atoms with Gasteiger partial charge in [0.15, 0.2) is 11.5 Å². The second-order valence-electron chi connectivity index (χ2n) is 9.42. The van der Waals surface area contributed by atoms with Gasteiger partial charge in [-0.15, -0.1) is 0 Å². The highest BCUT2D eigenvalue weighted by atomic mass is 16.5. The maximum absolute atomic E-state index is 13.5. The summed E-state index contributed by atoms with van der Waals surface area (Å²) in [5.74, 6) is -0.0332. The fourth-order valence-corrected chi connectivity index (χ4v) is 4.83. The molecule has 3 aromatic carbocycles. The number of amides is 1. The highest BCUT2D eigenvalue weighted by Gasteiger charge is 2.46. The maximum Gasteiger partial charge on any atom is 0.295 e. The van der Waals surface area contributed by atoms with Gasteiger partial charge in [0.05, 0.1) is 39.6 Å². The minimum absolute atomic E-state index is 0.0157. The number of aliphatic hydroxyl groups is 1. The lowest BCUT2D eigenvalue weighted by molar-refractivity contribution is -0.139. The highest BCUT2D eigenvalue weighted by molar-refractivity contribution is 6.46. The molecule has 0 radical (unpaired) electrons. The normalized spacial score (nSPS) is 16.2. The van der Waals surface area contributed by atoms with Crippen LogP contribution in [0.25, 0.3) is 5.76 Å². The summed E-state index contributed by atoms with van der Waals surface area (Å²) < 4.78 is 22.4. The van der Waals surface area contributed by atoms with Crippen molar-refractivity contribution in [3.63, 3.8) is 0 Å². The molecule has 1 atom stereocenters. The molecule has 3 aromatic rings. The molecule has 1 amide bonds. The number of ether oxygens (including phenoxy) is 4. The Morgan fingerprint density at radius 3 is 2.23 bits per heavy atom. The SMILES string of the molecule is CCCCOc1cccc(/C(O)=C2\C(=O)C(=O)N(CCc3ccccc3)C2c2cc(OC)c(OC)c(OC)c2)c1. The third-order valence-corrected chi connectivity index (χ3v) is 6.90. The first kappa shape index (κ1) is 28.5. The van der Waals surface area contributed by atoms with Gasteiger partial charge in [-0.2, -0.15) is 0 Å². The largest absolute Gasteiger partial charge is 0.507 e. The number of unbranched alkanes of at least 4 members (excludes halogenated alkanes) is 1. The van der Waals surface area contributed by atoms with Gasteiger partial charge in [0.1, 0.15) is 11.5 Å². The Bertz CT molecular complexity index is 1360. The minimum atomic E-state index is -0.887. The molecule has 4 rings (SSSR count). The van der Waals surface area contributed by atoms with Gasteiger partial charge in [-0.3, -0.25) is 9.59 Å². The molecule has 1 saturated heterocycles. The number of hydrogen-bond donors (Lipinski definition) is 1. The second-order valence-corrected chi connectivity index (χ2v) is 9.42. The summed E-state index contributed by atoms with van der Waals surface area (Å²) in [5, 5.41) is 11.5. The Balaban J connectivity index is 1.84. The van der Waals surface area contributed by atoms with E-state index in [9.17, 15) is 14.7 Å². The minimum Gasteiger partial charge on any atom is -0.507 e. The van der Waals surface area contributed by atoms with Gasteiger partial charge in [-0.25, -0.2) is 0 Å². The van der Waals surface area contributed by atoms with Crippen molar-refractivity contribution in [2.75, 3.05) is 34.5 Å². The number of likely N-dealkylation sites (tertiary alicyclic amines) is 1. The van der Waals surface area contributed by atoms with Crippen LogP contribution in [0.4, 0.5) is 0 Å². The summed E-state index contributed by atoms with van der Waals surface area (Å²) >= 11 is 0.